The van der Waals surface area contributed by atoms with Gasteiger partial charge in [0.05, 0.1) is 22.4 Å². The number of halogens is 4. The molecule has 1 saturated heterocycles. The third-order valence-electron chi connectivity index (χ3n) is 5.15. The molecule has 8 heteroatoms. The predicted molar refractivity (Wildman–Crippen MR) is 101 cm³/mol. The average molecular weight is 480 g/mol. The number of benzene rings is 1. The number of rotatable bonds is 3. The molecule has 1 aliphatic carbocycles. The Morgan fingerprint density at radius 3 is 2.54 bits per heavy atom. The van der Waals surface area contributed by atoms with Crippen molar-refractivity contribution in [2.45, 2.75) is 50.2 Å². The van der Waals surface area contributed by atoms with Gasteiger partial charge in [0.1, 0.15) is 6.54 Å². The van der Waals surface area contributed by atoms with Crippen molar-refractivity contribution >= 4 is 39.2 Å². The van der Waals surface area contributed by atoms with Crippen LogP contribution in [0.1, 0.15) is 25.7 Å². The van der Waals surface area contributed by atoms with Crippen LogP contribution in [0.5, 0.6) is 0 Å². The van der Waals surface area contributed by atoms with E-state index in [2.05, 4.69) is 5.32 Å². The van der Waals surface area contributed by atoms with Gasteiger partial charge in [0, 0.05) is 30.0 Å². The van der Waals surface area contributed by atoms with Gasteiger partial charge in [-0.15, -0.1) is 0 Å². The maximum atomic E-state index is 12.9. The number of nitrogens with zero attached hydrogens (tertiary/aromatic N) is 1. The van der Waals surface area contributed by atoms with Crippen LogP contribution >= 0.6 is 22.6 Å². The van der Waals surface area contributed by atoms with E-state index >= 15 is 0 Å². The lowest BCUT2D eigenvalue weighted by Gasteiger charge is -2.36. The van der Waals surface area contributed by atoms with E-state index in [1.165, 1.54) is 4.57 Å². The average Bonchev–Trinajstić information content (AvgIpc) is 3.15. The van der Waals surface area contributed by atoms with Crippen molar-refractivity contribution in [3.8, 4) is 0 Å². The number of alkyl halides is 3. The minimum atomic E-state index is -4.24. The molecule has 0 atom stereocenters. The molecule has 2 fully saturated rings. The van der Waals surface area contributed by atoms with E-state index in [0.717, 1.165) is 36.8 Å². The number of fused-ring (bicyclic) bond motifs is 1. The van der Waals surface area contributed by atoms with Crippen LogP contribution in [0.4, 0.5) is 18.9 Å². The van der Waals surface area contributed by atoms with Crippen LogP contribution < -0.4 is 5.32 Å². The highest BCUT2D eigenvalue weighted by atomic mass is 127. The number of hydrogen-bond acceptors (Lipinski definition) is 3. The molecule has 142 valence electrons. The quantitative estimate of drug-likeness (QED) is 0.635. The van der Waals surface area contributed by atoms with Gasteiger partial charge in [-0.2, -0.15) is 13.2 Å². The summed E-state index contributed by atoms with van der Waals surface area (Å²) in [5, 5.41) is 4.35. The summed E-state index contributed by atoms with van der Waals surface area (Å²) in [6.45, 7) is 0.337. The van der Waals surface area contributed by atoms with Gasteiger partial charge >= 0.3 is 6.18 Å². The van der Waals surface area contributed by atoms with Gasteiger partial charge in [0.15, 0.2) is 5.79 Å². The van der Waals surface area contributed by atoms with Crippen molar-refractivity contribution in [2.24, 2.45) is 0 Å². The summed E-state index contributed by atoms with van der Waals surface area (Å²) >= 11 is 1.96. The first kappa shape index (κ1) is 18.4. The summed E-state index contributed by atoms with van der Waals surface area (Å²) in [5.74, 6) is -0.407. The minimum absolute atomic E-state index is 0.266. The van der Waals surface area contributed by atoms with Crippen LogP contribution in [-0.2, 0) is 16.0 Å². The second kappa shape index (κ2) is 6.87. The van der Waals surface area contributed by atoms with Crippen molar-refractivity contribution in [2.75, 3.05) is 18.5 Å². The van der Waals surface area contributed by atoms with E-state index in [0.29, 0.717) is 22.4 Å². The number of anilines is 1. The lowest BCUT2D eigenvalue weighted by molar-refractivity contribution is -0.177. The van der Waals surface area contributed by atoms with E-state index in [9.17, 15) is 13.2 Å². The fourth-order valence-electron chi connectivity index (χ4n) is 3.93. The van der Waals surface area contributed by atoms with Crippen LogP contribution in [0, 0.1) is 3.70 Å². The zero-order chi connectivity index (χ0) is 18.4. The largest absolute Gasteiger partial charge is 0.406 e. The molecule has 1 N–H and O–H groups in total. The highest BCUT2D eigenvalue weighted by Gasteiger charge is 2.40. The molecular weight excluding hydrogens is 460 g/mol. The van der Waals surface area contributed by atoms with Crippen molar-refractivity contribution in [3.63, 3.8) is 0 Å². The molecule has 2 aromatic rings. The summed E-state index contributed by atoms with van der Waals surface area (Å²) in [6, 6.07) is 7.56. The highest BCUT2D eigenvalue weighted by molar-refractivity contribution is 14.1. The summed E-state index contributed by atoms with van der Waals surface area (Å²) in [7, 11) is 0. The zero-order valence-corrected chi connectivity index (χ0v) is 16.3. The highest BCUT2D eigenvalue weighted by Crippen LogP contribution is 2.38. The van der Waals surface area contributed by atoms with E-state index in [4.69, 9.17) is 9.47 Å². The molecule has 1 aromatic carbocycles. The van der Waals surface area contributed by atoms with E-state index in [-0.39, 0.29) is 6.04 Å². The Morgan fingerprint density at radius 2 is 1.88 bits per heavy atom. The Bertz CT molecular complexity index is 790. The van der Waals surface area contributed by atoms with Crippen LogP contribution in [0.25, 0.3) is 10.9 Å². The van der Waals surface area contributed by atoms with Gasteiger partial charge < -0.3 is 19.4 Å². The standard InChI is InChI=1S/C18H20F3IN2O2/c19-18(20,21)11-24-15-3-1-2-14(13(15)10-16(24)22)23-12-4-6-17(7-5-12)25-8-9-26-17/h1-3,10,12,23H,4-9,11H2. The molecule has 1 aliphatic heterocycles. The fraction of sp³-hybridized carbons (Fsp3) is 0.556. The third kappa shape index (κ3) is 3.68. The lowest BCUT2D eigenvalue weighted by atomic mass is 9.90. The van der Waals surface area contributed by atoms with Crippen LogP contribution in [0.2, 0.25) is 0 Å². The molecule has 0 bridgehead atoms. The first-order valence-corrected chi connectivity index (χ1v) is 9.82. The minimum Gasteiger partial charge on any atom is -0.382 e. The monoisotopic (exact) mass is 480 g/mol. The molecule has 1 aromatic heterocycles. The molecule has 4 rings (SSSR count). The molecule has 0 radical (unpaired) electrons. The summed E-state index contributed by atoms with van der Waals surface area (Å²) in [6.07, 6.45) is -0.734. The summed E-state index contributed by atoms with van der Waals surface area (Å²) < 4.78 is 52.1. The Balaban J connectivity index is 1.53. The fourth-order valence-corrected chi connectivity index (χ4v) is 4.67. The Hall–Kier alpha value is -1.00. The van der Waals surface area contributed by atoms with Gasteiger partial charge in [0.25, 0.3) is 0 Å². The first-order valence-electron chi connectivity index (χ1n) is 8.74. The first-order chi connectivity index (χ1) is 12.4. The van der Waals surface area contributed by atoms with Crippen LogP contribution in [0.15, 0.2) is 24.3 Å². The normalized spacial score (nSPS) is 20.9. The maximum Gasteiger partial charge on any atom is 0.406 e. The topological polar surface area (TPSA) is 35.4 Å². The Morgan fingerprint density at radius 1 is 1.19 bits per heavy atom. The summed E-state index contributed by atoms with van der Waals surface area (Å²) in [5.41, 5.74) is 1.49. The molecule has 2 heterocycles. The Kier molecular flexibility index (Phi) is 4.85. The van der Waals surface area contributed by atoms with Gasteiger partial charge in [-0.1, -0.05) is 6.07 Å². The smallest absolute Gasteiger partial charge is 0.382 e. The molecule has 4 nitrogen and oxygen atoms in total. The number of hydrogen-bond donors (Lipinski definition) is 1. The van der Waals surface area contributed by atoms with Gasteiger partial charge in [0.2, 0.25) is 0 Å². The molecule has 26 heavy (non-hydrogen) atoms. The Labute approximate surface area is 163 Å². The number of nitrogens with one attached hydrogen (secondary N) is 1. The predicted octanol–water partition coefficient (Wildman–Crippen LogP) is 4.91. The SMILES string of the molecule is FC(F)(F)Cn1c(I)cc2c(NC3CCC4(CC3)OCCO4)cccc21. The second-order valence-corrected chi connectivity index (χ2v) is 8.04. The molecule has 1 spiro atoms. The van der Waals surface area contributed by atoms with Crippen molar-refractivity contribution in [3.05, 3.63) is 28.0 Å². The van der Waals surface area contributed by atoms with Gasteiger partial charge in [-0.25, -0.2) is 0 Å². The molecule has 0 amide bonds. The molecule has 0 unspecified atom stereocenters. The van der Waals surface area contributed by atoms with Crippen molar-refractivity contribution < 1.29 is 22.6 Å². The van der Waals surface area contributed by atoms with Crippen molar-refractivity contribution in [1.82, 2.24) is 4.57 Å². The van der Waals surface area contributed by atoms with Crippen LogP contribution in [0.3, 0.4) is 0 Å². The van der Waals surface area contributed by atoms with Crippen molar-refractivity contribution in [1.29, 1.82) is 0 Å². The third-order valence-corrected chi connectivity index (χ3v) is 6.05. The zero-order valence-electron chi connectivity index (χ0n) is 14.1. The lowest BCUT2D eigenvalue weighted by Crippen LogP contribution is -2.39. The van der Waals surface area contributed by atoms with E-state index in [1.807, 2.05) is 34.7 Å². The number of ether oxygens (including phenoxy) is 2. The summed E-state index contributed by atoms with van der Waals surface area (Å²) in [4.78, 5) is 0. The van der Waals surface area contributed by atoms with Gasteiger partial charge in [-0.3, -0.25) is 0 Å². The van der Waals surface area contributed by atoms with Gasteiger partial charge in [-0.05, 0) is 53.6 Å². The van der Waals surface area contributed by atoms with Crippen LogP contribution in [-0.4, -0.2) is 35.8 Å². The van der Waals surface area contributed by atoms with E-state index in [1.54, 1.807) is 12.1 Å². The van der Waals surface area contributed by atoms with E-state index < -0.39 is 18.5 Å². The molecular formula is C18H20F3IN2O2. The molecule has 1 saturated carbocycles. The number of aromatic nitrogens is 1. The second-order valence-electron chi connectivity index (χ2n) is 6.93. The molecule has 2 aliphatic rings. The maximum absolute atomic E-state index is 12.9.